The third-order valence-corrected chi connectivity index (χ3v) is 6.16. The van der Waals surface area contributed by atoms with Crippen LogP contribution in [-0.4, -0.2) is 57.2 Å². The van der Waals surface area contributed by atoms with Crippen molar-refractivity contribution < 1.29 is 38.6 Å². The van der Waals surface area contributed by atoms with Gasteiger partial charge in [0, 0.05) is 12.5 Å². The zero-order valence-electron chi connectivity index (χ0n) is 20.7. The van der Waals surface area contributed by atoms with Crippen LogP contribution in [0, 0.1) is 17.8 Å². The van der Waals surface area contributed by atoms with E-state index in [1.165, 1.54) is 25.1 Å². The molecule has 0 bridgehead atoms. The van der Waals surface area contributed by atoms with Crippen LogP contribution in [0.2, 0.25) is 0 Å². The lowest BCUT2D eigenvalue weighted by atomic mass is 9.81. The molecule has 37 heavy (non-hydrogen) atoms. The highest BCUT2D eigenvalue weighted by Crippen LogP contribution is 2.27. The summed E-state index contributed by atoms with van der Waals surface area (Å²) < 4.78 is 5.57. The fraction of sp³-hybridized carbons (Fsp3) is 0.370. The molecule has 1 aromatic heterocycles. The Bertz CT molecular complexity index is 1220. The highest BCUT2D eigenvalue weighted by molar-refractivity contribution is 6.44. The number of hydrogen-bond acceptors (Lipinski definition) is 9. The lowest BCUT2D eigenvalue weighted by molar-refractivity contribution is -0.163. The van der Waals surface area contributed by atoms with Crippen LogP contribution in [0.1, 0.15) is 43.2 Å². The largest absolute Gasteiger partial charge is 0.493 e. The third kappa shape index (κ3) is 6.52. The van der Waals surface area contributed by atoms with E-state index < -0.39 is 77.2 Å². The molecule has 1 heterocycles. The molecule has 2 aromatic rings. The third-order valence-electron chi connectivity index (χ3n) is 6.16. The number of esters is 1. The Labute approximate surface area is 213 Å². The first-order chi connectivity index (χ1) is 17.5. The first-order valence-electron chi connectivity index (χ1n) is 11.9. The molecule has 10 nitrogen and oxygen atoms in total. The summed E-state index contributed by atoms with van der Waals surface area (Å²) in [7, 11) is 0. The van der Waals surface area contributed by atoms with Gasteiger partial charge in [-0.2, -0.15) is 0 Å². The van der Waals surface area contributed by atoms with Gasteiger partial charge in [0.15, 0.2) is 0 Å². The van der Waals surface area contributed by atoms with E-state index in [-0.39, 0.29) is 12.1 Å². The van der Waals surface area contributed by atoms with E-state index in [2.05, 4.69) is 10.3 Å². The van der Waals surface area contributed by atoms with Crippen LogP contribution >= 0.6 is 0 Å². The molecule has 3 rings (SSSR count). The van der Waals surface area contributed by atoms with Crippen LogP contribution in [0.5, 0.6) is 5.88 Å². The van der Waals surface area contributed by atoms with Crippen LogP contribution in [0.25, 0.3) is 0 Å². The highest BCUT2D eigenvalue weighted by Gasteiger charge is 2.46. The van der Waals surface area contributed by atoms with E-state index in [1.807, 2.05) is 0 Å². The molecule has 1 aliphatic carbocycles. The maximum atomic E-state index is 13.4. The van der Waals surface area contributed by atoms with Crippen molar-refractivity contribution in [2.24, 2.45) is 17.8 Å². The Morgan fingerprint density at radius 1 is 1.00 bits per heavy atom. The number of benzene rings is 1. The molecule has 0 aliphatic heterocycles. The van der Waals surface area contributed by atoms with Gasteiger partial charge in [0.25, 0.3) is 5.91 Å². The van der Waals surface area contributed by atoms with E-state index in [1.54, 1.807) is 44.2 Å². The zero-order valence-corrected chi connectivity index (χ0v) is 20.7. The SMILES string of the molecule is CC(C)C(=O)O[C@@H]1[C@H](C)C(=O)C(=O)[C@@H](NC(=O)c2cccc(O)n2)CC(=O)C(=O)[C@@H]1Cc1ccccc1. The number of pyridine rings is 1. The molecule has 1 aromatic carbocycles. The van der Waals surface area contributed by atoms with Crippen molar-refractivity contribution in [1.82, 2.24) is 10.3 Å². The number of hydrogen-bond donors (Lipinski definition) is 2. The van der Waals surface area contributed by atoms with Crippen LogP contribution in [0.15, 0.2) is 48.5 Å². The lowest BCUT2D eigenvalue weighted by Gasteiger charge is -2.29. The highest BCUT2D eigenvalue weighted by atomic mass is 16.5. The van der Waals surface area contributed by atoms with E-state index >= 15 is 0 Å². The second kappa shape index (κ2) is 11.7. The van der Waals surface area contributed by atoms with E-state index in [9.17, 15) is 33.9 Å². The number of ketones is 4. The summed E-state index contributed by atoms with van der Waals surface area (Å²) in [5, 5.41) is 11.8. The van der Waals surface area contributed by atoms with Crippen molar-refractivity contribution in [2.75, 3.05) is 0 Å². The summed E-state index contributed by atoms with van der Waals surface area (Å²) in [4.78, 5) is 81.7. The molecule has 194 valence electrons. The molecule has 0 radical (unpaired) electrons. The minimum absolute atomic E-state index is 0.00248. The Morgan fingerprint density at radius 2 is 1.68 bits per heavy atom. The standard InChI is InChI=1S/C27H28N2O8/c1-14(2)27(36)37-25-15(3)22(32)24(34)19(29-26(35)18-10-7-11-21(31)28-18)13-20(30)23(33)17(25)12-16-8-5-4-6-9-16/h4-11,14-15,17,19,25H,12-13H2,1-3H3,(H,28,31)(H,29,35)/t15-,17+,19+,25-/m1/s1. The number of amides is 1. The molecule has 0 spiro atoms. The summed E-state index contributed by atoms with van der Waals surface area (Å²) in [6.45, 7) is 4.51. The Morgan fingerprint density at radius 3 is 2.30 bits per heavy atom. The Balaban J connectivity index is 1.99. The van der Waals surface area contributed by atoms with Crippen LogP contribution in [-0.2, 0) is 35.1 Å². The van der Waals surface area contributed by atoms with Crippen LogP contribution in [0.4, 0.5) is 0 Å². The van der Waals surface area contributed by atoms with Gasteiger partial charge in [-0.05, 0) is 18.1 Å². The predicted molar refractivity (Wildman–Crippen MR) is 129 cm³/mol. The number of nitrogens with one attached hydrogen (secondary N) is 1. The second-order valence-corrected chi connectivity index (χ2v) is 9.27. The first-order valence-corrected chi connectivity index (χ1v) is 11.9. The number of nitrogens with zero attached hydrogens (tertiary/aromatic N) is 1. The molecule has 1 amide bonds. The quantitative estimate of drug-likeness (QED) is 0.437. The predicted octanol–water partition coefficient (Wildman–Crippen LogP) is 1.63. The minimum atomic E-state index is -1.64. The molecule has 1 saturated carbocycles. The Kier molecular flexibility index (Phi) is 8.65. The first kappa shape index (κ1) is 27.4. The molecular formula is C27H28N2O8. The van der Waals surface area contributed by atoms with Gasteiger partial charge in [0.2, 0.25) is 29.0 Å². The summed E-state index contributed by atoms with van der Waals surface area (Å²) in [6.07, 6.45) is -2.13. The van der Waals surface area contributed by atoms with Gasteiger partial charge in [-0.15, -0.1) is 0 Å². The summed E-state index contributed by atoms with van der Waals surface area (Å²) in [6, 6.07) is 10.9. The molecular weight excluding hydrogens is 480 g/mol. The lowest BCUT2D eigenvalue weighted by Crippen LogP contribution is -2.47. The number of Topliss-reactive ketones (excluding diaryl/α,β-unsaturated/α-hetero) is 4. The van der Waals surface area contributed by atoms with Crippen molar-refractivity contribution in [3.8, 4) is 5.88 Å². The number of ether oxygens (including phenoxy) is 1. The van der Waals surface area contributed by atoms with Gasteiger partial charge >= 0.3 is 5.97 Å². The number of rotatable bonds is 6. The number of carbonyl (C=O) groups excluding carboxylic acids is 6. The molecule has 1 fully saturated rings. The average Bonchev–Trinajstić information content (AvgIpc) is 2.89. The van der Waals surface area contributed by atoms with Gasteiger partial charge in [0.1, 0.15) is 17.8 Å². The van der Waals surface area contributed by atoms with Gasteiger partial charge in [-0.3, -0.25) is 28.8 Å². The number of aromatic hydroxyl groups is 1. The van der Waals surface area contributed by atoms with E-state index in [4.69, 9.17) is 4.74 Å². The van der Waals surface area contributed by atoms with E-state index in [0.29, 0.717) is 5.56 Å². The van der Waals surface area contributed by atoms with Crippen molar-refractivity contribution >= 4 is 35.0 Å². The van der Waals surface area contributed by atoms with Crippen LogP contribution < -0.4 is 5.32 Å². The van der Waals surface area contributed by atoms with E-state index in [0.717, 1.165) is 0 Å². The molecule has 1 aliphatic rings. The second-order valence-electron chi connectivity index (χ2n) is 9.27. The summed E-state index contributed by atoms with van der Waals surface area (Å²) in [5.41, 5.74) is 0.418. The number of aromatic nitrogens is 1. The fourth-order valence-corrected chi connectivity index (χ4v) is 4.06. The topological polar surface area (TPSA) is 157 Å². The smallest absolute Gasteiger partial charge is 0.308 e. The van der Waals surface area contributed by atoms with Crippen molar-refractivity contribution in [3.63, 3.8) is 0 Å². The maximum absolute atomic E-state index is 13.4. The summed E-state index contributed by atoms with van der Waals surface area (Å²) >= 11 is 0. The monoisotopic (exact) mass is 508 g/mol. The number of carbonyl (C=O) groups is 6. The normalized spacial score (nSPS) is 22.7. The van der Waals surface area contributed by atoms with Crippen molar-refractivity contribution in [1.29, 1.82) is 0 Å². The summed E-state index contributed by atoms with van der Waals surface area (Å²) in [5.74, 6) is -9.11. The molecule has 0 saturated heterocycles. The van der Waals surface area contributed by atoms with Gasteiger partial charge in [-0.25, -0.2) is 4.98 Å². The molecule has 10 heteroatoms. The molecule has 0 unspecified atom stereocenters. The van der Waals surface area contributed by atoms with Crippen molar-refractivity contribution in [3.05, 3.63) is 59.8 Å². The average molecular weight is 509 g/mol. The van der Waals surface area contributed by atoms with Gasteiger partial charge < -0.3 is 15.2 Å². The minimum Gasteiger partial charge on any atom is -0.493 e. The van der Waals surface area contributed by atoms with Crippen molar-refractivity contribution in [2.45, 2.75) is 45.8 Å². The zero-order chi connectivity index (χ0) is 27.3. The Hall–Kier alpha value is -4.21. The van der Waals surface area contributed by atoms with Gasteiger partial charge in [-0.1, -0.05) is 57.2 Å². The fourth-order valence-electron chi connectivity index (χ4n) is 4.06. The maximum Gasteiger partial charge on any atom is 0.308 e. The molecule has 4 atom stereocenters. The van der Waals surface area contributed by atoms with Crippen LogP contribution in [0.3, 0.4) is 0 Å². The van der Waals surface area contributed by atoms with Gasteiger partial charge in [0.05, 0.1) is 17.8 Å². The molecule has 2 N–H and O–H groups in total.